The first-order valence-corrected chi connectivity index (χ1v) is 27.7. The van der Waals surface area contributed by atoms with Crippen molar-refractivity contribution in [3.8, 4) is 67.4 Å². The van der Waals surface area contributed by atoms with Gasteiger partial charge < -0.3 is 0 Å². The Hall–Kier alpha value is -9.71. The van der Waals surface area contributed by atoms with Crippen molar-refractivity contribution < 1.29 is 16.4 Å². The Morgan fingerprint density at radius 2 is 0.690 bits per heavy atom. The van der Waals surface area contributed by atoms with Gasteiger partial charge in [0.15, 0.2) is 0 Å². The van der Waals surface area contributed by atoms with Crippen molar-refractivity contribution >= 4 is 0 Å². The Labute approximate surface area is 517 Å². The molecule has 5 heterocycles. The van der Waals surface area contributed by atoms with Gasteiger partial charge in [-0.15, -0.1) is 0 Å². The normalized spacial score (nSPS) is 12.9. The lowest BCUT2D eigenvalue weighted by Crippen LogP contribution is -1.94. The van der Waals surface area contributed by atoms with E-state index in [1.165, 1.54) is 46.4 Å². The molecule has 7 aromatic carbocycles. The van der Waals surface area contributed by atoms with Crippen LogP contribution in [0.3, 0.4) is 0 Å². The highest BCUT2D eigenvalue weighted by atomic mass is 14.7. The number of hydrogen-bond donors (Lipinski definition) is 0. The summed E-state index contributed by atoms with van der Waals surface area (Å²) in [5.74, 6) is 0. The molecule has 5 nitrogen and oxygen atoms in total. The summed E-state index contributed by atoms with van der Waals surface area (Å²) in [5.41, 5.74) is 21.5. The first-order chi connectivity index (χ1) is 45.5. The summed E-state index contributed by atoms with van der Waals surface area (Å²) in [7, 11) is 0. The van der Waals surface area contributed by atoms with Crippen LogP contribution in [0.1, 0.15) is 83.2 Å². The molecule has 0 fully saturated rings. The first kappa shape index (κ1) is 46.9. The van der Waals surface area contributed by atoms with E-state index in [1.807, 2.05) is 228 Å². The molecular formula is C79H79N5. The minimum Gasteiger partial charge on any atom is -0.256 e. The third-order valence-electron chi connectivity index (χ3n) is 13.9. The van der Waals surface area contributed by atoms with Gasteiger partial charge in [0.25, 0.3) is 0 Å². The number of rotatable bonds is 6. The van der Waals surface area contributed by atoms with Crippen molar-refractivity contribution in [2.24, 2.45) is 0 Å². The molecular weight excluding hydrogens is 1020 g/mol. The van der Waals surface area contributed by atoms with Crippen LogP contribution in [0.25, 0.3) is 67.4 Å². The van der Waals surface area contributed by atoms with E-state index in [0.29, 0.717) is 16.7 Å². The minimum absolute atomic E-state index is 0.287. The SMILES string of the molecule is Cc1cccnc1-c1ccccc1.Cc1ccnc(-c2ccccc2)c1C.[2H]C([2H])([2H])c1ccc(-c2ccccc2)cc1C.[2H]C([2H])([2H])c1cnc(-c2ccccc2)c(C)c1.[2H]C([2H])([2H])c1cnc(-c2ccccc2)c(C)c1C.[2H]C([2H])([2H])c1cnc(-c2ccccc2)cc1C. The highest BCUT2D eigenvalue weighted by Gasteiger charge is 2.08. The highest BCUT2D eigenvalue weighted by Crippen LogP contribution is 2.27. The lowest BCUT2D eigenvalue weighted by atomic mass is 10.0. The summed E-state index contributed by atoms with van der Waals surface area (Å²) in [6, 6.07) is 74.8. The smallest absolute Gasteiger partial charge is 0.0733 e. The average molecular weight is 1110 g/mol. The van der Waals surface area contributed by atoms with Gasteiger partial charge in [-0.05, 0) is 179 Å². The lowest BCUT2D eigenvalue weighted by molar-refractivity contribution is 1.17. The van der Waals surface area contributed by atoms with E-state index in [-0.39, 0.29) is 5.56 Å². The number of aryl methyl sites for hydroxylation is 9. The summed E-state index contributed by atoms with van der Waals surface area (Å²) >= 11 is 0. The van der Waals surface area contributed by atoms with Gasteiger partial charge in [0.05, 0.1) is 28.5 Å². The highest BCUT2D eigenvalue weighted by molar-refractivity contribution is 5.67. The topological polar surface area (TPSA) is 64.5 Å². The van der Waals surface area contributed by atoms with Crippen molar-refractivity contribution in [3.63, 3.8) is 0 Å². The third kappa shape index (κ3) is 17.9. The zero-order chi connectivity index (χ0) is 69.8. The fourth-order valence-corrected chi connectivity index (χ4v) is 8.76. The van der Waals surface area contributed by atoms with E-state index in [1.54, 1.807) is 19.1 Å². The second kappa shape index (κ2) is 31.5. The maximum atomic E-state index is 7.48. The minimum atomic E-state index is -2.10. The molecule has 84 heavy (non-hydrogen) atoms. The molecule has 0 saturated carbocycles. The predicted octanol–water partition coefficient (Wildman–Crippen LogP) is 20.8. The van der Waals surface area contributed by atoms with E-state index in [2.05, 4.69) is 76.0 Å². The third-order valence-corrected chi connectivity index (χ3v) is 13.9. The fourth-order valence-electron chi connectivity index (χ4n) is 8.76. The van der Waals surface area contributed by atoms with Gasteiger partial charge in [-0.2, -0.15) is 0 Å². The van der Waals surface area contributed by atoms with E-state index >= 15 is 0 Å². The average Bonchev–Trinajstić information content (AvgIpc) is 0.818. The van der Waals surface area contributed by atoms with E-state index < -0.39 is 27.4 Å². The number of nitrogens with zero attached hydrogens (tertiary/aromatic N) is 5. The van der Waals surface area contributed by atoms with Crippen molar-refractivity contribution in [2.45, 2.75) is 82.8 Å². The summed E-state index contributed by atoms with van der Waals surface area (Å²) < 4.78 is 88.9. The standard InChI is InChI=1S/C14H15N.C14H14.3C13H13N.C12H11N/c1-10-9-15-14(12(3)11(10)2)13-7-5-4-6-8-13;1-11-8-9-14(10-12(11)2)13-6-4-3-5-7-13;1-10-8-13(14-9-11(10)2)12-6-4-3-5-7-12;1-10-8-11(2)13(14-9-10)12-6-4-3-5-7-12;1-10-8-9-14-13(11(10)2)12-6-4-3-5-7-12;1-10-6-5-9-13-12(10)11-7-3-2-4-8-11/h4-9H,1-3H3;3-10H,1-2H3;3*3-9H,1-2H3;2-9H,1H3/i2*1D3;2D3;1D3;;. The van der Waals surface area contributed by atoms with Crippen molar-refractivity contribution in [2.75, 3.05) is 0 Å². The lowest BCUT2D eigenvalue weighted by Gasteiger charge is -2.09. The molecule has 0 aliphatic heterocycles. The van der Waals surface area contributed by atoms with Crippen LogP contribution in [0.5, 0.6) is 0 Å². The molecule has 0 amide bonds. The quantitative estimate of drug-likeness (QED) is 0.166. The predicted molar refractivity (Wildman–Crippen MR) is 357 cm³/mol. The van der Waals surface area contributed by atoms with Gasteiger partial charge in [-0.3, -0.25) is 24.9 Å². The largest absolute Gasteiger partial charge is 0.256 e. The molecule has 420 valence electrons. The Morgan fingerprint density at radius 3 is 1.18 bits per heavy atom. The summed E-state index contributed by atoms with van der Waals surface area (Å²) in [5, 5.41) is 0. The maximum absolute atomic E-state index is 7.48. The molecule has 0 spiro atoms. The van der Waals surface area contributed by atoms with Crippen LogP contribution in [-0.4, -0.2) is 24.9 Å². The van der Waals surface area contributed by atoms with Gasteiger partial charge >= 0.3 is 0 Å². The molecule has 0 atom stereocenters. The molecule has 0 aliphatic rings. The van der Waals surface area contributed by atoms with Crippen molar-refractivity contribution in [3.05, 3.63) is 328 Å². The maximum Gasteiger partial charge on any atom is 0.0733 e. The number of benzene rings is 7. The van der Waals surface area contributed by atoms with E-state index in [4.69, 9.17) is 16.4 Å². The van der Waals surface area contributed by atoms with Crippen LogP contribution in [0.4, 0.5) is 0 Å². The molecule has 0 unspecified atom stereocenters. The molecule has 5 aromatic heterocycles. The number of aromatic nitrogens is 5. The summed E-state index contributed by atoms with van der Waals surface area (Å²) in [6.07, 6.45) is 8.05. The molecule has 0 saturated heterocycles. The van der Waals surface area contributed by atoms with Gasteiger partial charge in [-0.25, -0.2) is 0 Å². The summed E-state index contributed by atoms with van der Waals surface area (Å²) in [4.78, 5) is 21.5. The molecule has 0 bridgehead atoms. The van der Waals surface area contributed by atoms with E-state index in [0.717, 1.165) is 84.1 Å². The Kier molecular flexibility index (Phi) is 17.6. The van der Waals surface area contributed by atoms with Gasteiger partial charge in [0, 0.05) is 75.3 Å². The molecule has 12 aromatic rings. The fraction of sp³-hybridized carbons (Fsp3) is 0.152. The zero-order valence-corrected chi connectivity index (χ0v) is 49.1. The second-order valence-electron chi connectivity index (χ2n) is 20.0. The Balaban J connectivity index is 0.000000163. The molecule has 5 heteroatoms. The monoisotopic (exact) mass is 1110 g/mol. The molecule has 0 N–H and O–H groups in total. The Morgan fingerprint density at radius 1 is 0.238 bits per heavy atom. The zero-order valence-electron chi connectivity index (χ0n) is 61.1. The molecule has 0 aliphatic carbocycles. The van der Waals surface area contributed by atoms with Crippen LogP contribution in [0.15, 0.2) is 262 Å². The van der Waals surface area contributed by atoms with Crippen molar-refractivity contribution in [1.82, 2.24) is 24.9 Å². The van der Waals surface area contributed by atoms with E-state index in [9.17, 15) is 0 Å². The van der Waals surface area contributed by atoms with Crippen LogP contribution < -0.4 is 0 Å². The van der Waals surface area contributed by atoms with Crippen LogP contribution in [0, 0.1) is 82.8 Å². The van der Waals surface area contributed by atoms with Gasteiger partial charge in [-0.1, -0.05) is 212 Å². The number of hydrogen-bond acceptors (Lipinski definition) is 5. The van der Waals surface area contributed by atoms with Crippen LogP contribution >= 0.6 is 0 Å². The number of pyridine rings is 5. The van der Waals surface area contributed by atoms with Gasteiger partial charge in [0.1, 0.15) is 0 Å². The second-order valence-corrected chi connectivity index (χ2v) is 20.0. The Bertz CT molecular complexity index is 4310. The first-order valence-electron chi connectivity index (χ1n) is 33.7. The summed E-state index contributed by atoms with van der Waals surface area (Å²) in [6.45, 7) is 7.28. The van der Waals surface area contributed by atoms with Crippen LogP contribution in [-0.2, 0) is 0 Å². The molecule has 0 radical (unpaired) electrons. The van der Waals surface area contributed by atoms with Crippen LogP contribution in [0.2, 0.25) is 0 Å². The molecule has 12 rings (SSSR count). The van der Waals surface area contributed by atoms with Gasteiger partial charge in [0.2, 0.25) is 0 Å². The van der Waals surface area contributed by atoms with Crippen molar-refractivity contribution in [1.29, 1.82) is 0 Å².